The summed E-state index contributed by atoms with van der Waals surface area (Å²) in [7, 11) is 1.34. The van der Waals surface area contributed by atoms with Crippen LogP contribution in [-0.2, 0) is 19.1 Å². The van der Waals surface area contributed by atoms with Crippen molar-refractivity contribution in [1.29, 1.82) is 0 Å². The average Bonchev–Trinajstić information content (AvgIpc) is 2.61. The molecule has 0 aromatic heterocycles. The van der Waals surface area contributed by atoms with Gasteiger partial charge in [0.25, 0.3) is 5.69 Å². The first-order valence-electron chi connectivity index (χ1n) is 7.51. The van der Waals surface area contributed by atoms with Crippen LogP contribution >= 0.6 is 0 Å². The Bertz CT molecular complexity index is 674. The summed E-state index contributed by atoms with van der Waals surface area (Å²) in [5.41, 5.74) is 2.48. The van der Waals surface area contributed by atoms with Crippen molar-refractivity contribution in [3.8, 4) is 0 Å². The first kappa shape index (κ1) is 19.3. The molecule has 1 atom stereocenters. The molecule has 2 rings (SSSR count). The number of esters is 1. The second-order valence-electron chi connectivity index (χ2n) is 5.34. The van der Waals surface area contributed by atoms with Crippen LogP contribution in [0.25, 0.3) is 5.57 Å². The van der Waals surface area contributed by atoms with Gasteiger partial charge in [-0.05, 0) is 49.8 Å². The van der Waals surface area contributed by atoms with E-state index in [4.69, 9.17) is 14.3 Å². The van der Waals surface area contributed by atoms with Gasteiger partial charge in [0.15, 0.2) is 0 Å². The lowest BCUT2D eigenvalue weighted by molar-refractivity contribution is -0.385. The number of rotatable bonds is 4. The fourth-order valence-corrected chi connectivity index (χ4v) is 2.64. The van der Waals surface area contributed by atoms with Crippen LogP contribution in [0, 0.1) is 10.1 Å². The Kier molecular flexibility index (Phi) is 7.52. The van der Waals surface area contributed by atoms with Gasteiger partial charge in [0.05, 0.1) is 23.5 Å². The molecule has 7 nitrogen and oxygen atoms in total. The van der Waals surface area contributed by atoms with Crippen molar-refractivity contribution in [1.82, 2.24) is 0 Å². The van der Waals surface area contributed by atoms with Crippen molar-refractivity contribution in [2.24, 2.45) is 0 Å². The molecule has 0 amide bonds. The number of nitro benzene ring substituents is 1. The minimum absolute atomic E-state index is 0.101. The van der Waals surface area contributed by atoms with Crippen LogP contribution in [0.4, 0.5) is 5.69 Å². The number of nitrogens with zero attached hydrogens (tertiary/aromatic N) is 1. The Morgan fingerprint density at radius 3 is 2.50 bits per heavy atom. The van der Waals surface area contributed by atoms with E-state index >= 15 is 0 Å². The van der Waals surface area contributed by atoms with Crippen molar-refractivity contribution in [3.63, 3.8) is 0 Å². The molecule has 1 aliphatic carbocycles. The van der Waals surface area contributed by atoms with Gasteiger partial charge in [-0.15, -0.1) is 0 Å². The predicted octanol–water partition coefficient (Wildman–Crippen LogP) is 3.25. The van der Waals surface area contributed by atoms with Gasteiger partial charge >= 0.3 is 12.1 Å². The third-order valence-corrected chi connectivity index (χ3v) is 3.91. The van der Waals surface area contributed by atoms with E-state index in [1.54, 1.807) is 19.1 Å². The van der Waals surface area contributed by atoms with Crippen molar-refractivity contribution in [2.45, 2.75) is 38.5 Å². The summed E-state index contributed by atoms with van der Waals surface area (Å²) in [4.78, 5) is 38.8. The van der Waals surface area contributed by atoms with Crippen molar-refractivity contribution >= 4 is 23.4 Å². The highest BCUT2D eigenvalue weighted by atomic mass is 16.6. The molecule has 0 aliphatic heterocycles. The fourth-order valence-electron chi connectivity index (χ4n) is 2.64. The van der Waals surface area contributed by atoms with Crippen LogP contribution in [0.1, 0.15) is 49.7 Å². The van der Waals surface area contributed by atoms with Gasteiger partial charge in [0.2, 0.25) is 0 Å². The van der Waals surface area contributed by atoms with E-state index in [1.807, 2.05) is 0 Å². The highest BCUT2D eigenvalue weighted by molar-refractivity contribution is 5.80. The summed E-state index contributed by atoms with van der Waals surface area (Å²) in [6.45, 7) is 1.74. The summed E-state index contributed by atoms with van der Waals surface area (Å²) in [6, 6.07) is 4.88. The Balaban J connectivity index is 0.000000891. The van der Waals surface area contributed by atoms with Gasteiger partial charge in [-0.1, -0.05) is 12.1 Å². The Morgan fingerprint density at radius 1 is 1.33 bits per heavy atom. The maximum atomic E-state index is 11.6. The fraction of sp³-hybridized carbons (Fsp3) is 0.412. The highest BCUT2D eigenvalue weighted by Crippen LogP contribution is 2.35. The van der Waals surface area contributed by atoms with E-state index in [9.17, 15) is 14.9 Å². The number of carbonyl (C=O) groups excluding carboxylic acids is 3. The molecule has 0 saturated heterocycles. The topological polar surface area (TPSA) is 104 Å². The molecular weight excluding hydrogens is 314 g/mol. The highest BCUT2D eigenvalue weighted by Gasteiger charge is 2.22. The van der Waals surface area contributed by atoms with Gasteiger partial charge in [0.1, 0.15) is 0 Å². The van der Waals surface area contributed by atoms with E-state index in [2.05, 4.69) is 6.08 Å². The molecule has 0 spiro atoms. The molecule has 1 aromatic rings. The molecule has 1 unspecified atom stereocenters. The Morgan fingerprint density at radius 2 is 2.00 bits per heavy atom. The predicted molar refractivity (Wildman–Crippen MR) is 85.0 cm³/mol. The van der Waals surface area contributed by atoms with Gasteiger partial charge in [-0.2, -0.15) is 9.59 Å². The second kappa shape index (κ2) is 9.37. The second-order valence-corrected chi connectivity index (χ2v) is 5.34. The first-order valence-corrected chi connectivity index (χ1v) is 7.51. The largest absolute Gasteiger partial charge is 0.469 e. The van der Waals surface area contributed by atoms with Crippen LogP contribution < -0.4 is 0 Å². The first-order chi connectivity index (χ1) is 11.5. The van der Waals surface area contributed by atoms with E-state index < -0.39 is 5.92 Å². The van der Waals surface area contributed by atoms with E-state index in [0.717, 1.165) is 36.8 Å². The van der Waals surface area contributed by atoms with Crippen molar-refractivity contribution in [2.75, 3.05) is 7.11 Å². The van der Waals surface area contributed by atoms with Crippen molar-refractivity contribution in [3.05, 3.63) is 45.5 Å². The number of carbonyl (C=O) groups is 1. The molecule has 1 aromatic carbocycles. The summed E-state index contributed by atoms with van der Waals surface area (Å²) < 4.78 is 4.74. The molecular formula is C17H19NO6. The van der Waals surface area contributed by atoms with Crippen LogP contribution in [0.15, 0.2) is 24.3 Å². The lowest BCUT2D eigenvalue weighted by Crippen LogP contribution is -2.11. The molecule has 0 bridgehead atoms. The smallest absolute Gasteiger partial charge is 0.373 e. The molecule has 0 heterocycles. The maximum absolute atomic E-state index is 11.6. The third-order valence-electron chi connectivity index (χ3n) is 3.91. The monoisotopic (exact) mass is 333 g/mol. The molecule has 24 heavy (non-hydrogen) atoms. The minimum Gasteiger partial charge on any atom is -0.469 e. The number of benzene rings is 1. The lowest BCUT2D eigenvalue weighted by atomic mass is 9.89. The number of hydrogen-bond donors (Lipinski definition) is 0. The Hall–Kier alpha value is -2.79. The van der Waals surface area contributed by atoms with E-state index in [0.29, 0.717) is 5.56 Å². The summed E-state index contributed by atoms with van der Waals surface area (Å²) in [6.07, 6.45) is 6.27. The van der Waals surface area contributed by atoms with Crippen molar-refractivity contribution < 1.29 is 24.0 Å². The van der Waals surface area contributed by atoms with Crippen LogP contribution in [0.2, 0.25) is 0 Å². The number of allylic oxidation sites excluding steroid dienone is 2. The Labute approximate surface area is 139 Å². The van der Waals surface area contributed by atoms with Gasteiger partial charge in [-0.25, -0.2) is 0 Å². The van der Waals surface area contributed by atoms with Gasteiger partial charge in [-0.3, -0.25) is 14.9 Å². The zero-order chi connectivity index (χ0) is 18.1. The molecule has 0 N–H and O–H groups in total. The molecule has 0 radical (unpaired) electrons. The van der Waals surface area contributed by atoms with E-state index in [1.165, 1.54) is 13.2 Å². The maximum Gasteiger partial charge on any atom is 0.373 e. The zero-order valence-electron chi connectivity index (χ0n) is 13.6. The van der Waals surface area contributed by atoms with Crippen LogP contribution in [0.3, 0.4) is 0 Å². The summed E-state index contributed by atoms with van der Waals surface area (Å²) >= 11 is 0. The average molecular weight is 333 g/mol. The molecule has 0 saturated carbocycles. The van der Waals surface area contributed by atoms with E-state index in [-0.39, 0.29) is 22.7 Å². The van der Waals surface area contributed by atoms with Gasteiger partial charge in [0, 0.05) is 6.07 Å². The minimum atomic E-state index is -0.432. The standard InChI is InChI=1S/C16H19NO4.CO2/c1-11(16(18)21-2)13-8-9-15(17(19)20)14(10-13)12-6-4-3-5-7-12;2-1-3/h6,8-11H,3-5,7H2,1-2H3;. The summed E-state index contributed by atoms with van der Waals surface area (Å²) in [5, 5.41) is 11.2. The zero-order valence-corrected chi connectivity index (χ0v) is 13.6. The number of hydrogen-bond acceptors (Lipinski definition) is 6. The number of methoxy groups -OCH3 is 1. The SMILES string of the molecule is COC(=O)C(C)c1ccc([N+](=O)[O-])c(C2=CCCCC2)c1.O=C=O. The molecule has 0 fully saturated rings. The van der Waals surface area contributed by atoms with Crippen LogP contribution in [-0.4, -0.2) is 24.2 Å². The molecule has 7 heteroatoms. The number of ether oxygens (including phenoxy) is 1. The lowest BCUT2D eigenvalue weighted by Gasteiger charge is -2.16. The number of nitro groups is 1. The molecule has 128 valence electrons. The normalized spacial score (nSPS) is 14.3. The summed E-state index contributed by atoms with van der Waals surface area (Å²) in [5.74, 6) is -0.772. The van der Waals surface area contributed by atoms with Crippen LogP contribution in [0.5, 0.6) is 0 Å². The third kappa shape index (κ3) is 4.86. The quantitative estimate of drug-likeness (QED) is 0.476. The molecule has 1 aliphatic rings. The van der Waals surface area contributed by atoms with Gasteiger partial charge < -0.3 is 4.74 Å².